The van der Waals surface area contributed by atoms with Gasteiger partial charge in [0.1, 0.15) is 0 Å². The number of rotatable bonds is 2. The van der Waals surface area contributed by atoms with E-state index < -0.39 is 26.6 Å². The average Bonchev–Trinajstić information content (AvgIpc) is 2.38. The molecule has 1 aliphatic heterocycles. The van der Waals surface area contributed by atoms with E-state index in [-0.39, 0.29) is 27.7 Å². The lowest BCUT2D eigenvalue weighted by Gasteiger charge is -2.32. The van der Waals surface area contributed by atoms with Gasteiger partial charge in [0, 0.05) is 0 Å². The summed E-state index contributed by atoms with van der Waals surface area (Å²) in [4.78, 5) is 15.7. The molecule has 1 aliphatic rings. The number of allylic oxidation sites excluding steroid dienone is 5. The summed E-state index contributed by atoms with van der Waals surface area (Å²) in [6.45, 7) is 19.9. The van der Waals surface area contributed by atoms with Gasteiger partial charge in [0.25, 0.3) is 5.70 Å². The Labute approximate surface area is 144 Å². The van der Waals surface area contributed by atoms with Crippen LogP contribution >= 0.6 is 0 Å². The summed E-state index contributed by atoms with van der Waals surface area (Å²) in [5.41, 5.74) is -1.23. The minimum absolute atomic E-state index is 0.148. The summed E-state index contributed by atoms with van der Waals surface area (Å²) in [6, 6.07) is 0. The normalized spacial score (nSPS) is 17.5. The lowest BCUT2D eigenvalue weighted by Crippen LogP contribution is -2.28. The molecule has 0 aromatic heterocycles. The topological polar surface area (TPSA) is 64.8 Å². The third-order valence-electron chi connectivity index (χ3n) is 3.48. The zero-order valence-electron chi connectivity index (χ0n) is 15.4. The molecule has 0 fully saturated rings. The maximum Gasteiger partial charge on any atom is 0.336 e. The van der Waals surface area contributed by atoms with Crippen LogP contribution in [-0.4, -0.2) is 21.0 Å². The summed E-state index contributed by atoms with van der Waals surface area (Å²) in [5.74, 6) is -0.740. The molecule has 0 unspecified atom stereocenters. The number of carbonyl (C=O) groups excluding carboxylic acids is 1. The fraction of sp³-hybridized carbons (Fsp3) is 0.556. The van der Waals surface area contributed by atoms with Crippen LogP contribution in [0.5, 0.6) is 0 Å². The molecule has 6 heteroatoms. The molecule has 132 valence electrons. The Bertz CT molecular complexity index is 736. The van der Waals surface area contributed by atoms with Crippen molar-refractivity contribution in [3.05, 3.63) is 44.6 Å². The van der Waals surface area contributed by atoms with E-state index in [1.807, 2.05) is 0 Å². The van der Waals surface area contributed by atoms with E-state index in [1.54, 1.807) is 48.5 Å². The first-order chi connectivity index (χ1) is 10.8. The number of nitrogens with zero attached hydrogens (tertiary/aromatic N) is 1. The Balaban J connectivity index is 3.83. The molecular formula is C18H25NO4S. The third-order valence-corrected chi connectivity index (χ3v) is 6.10. The average molecular weight is 351 g/mol. The Hall–Kier alpha value is -1.87. The number of hydrogen-bond donors (Lipinski definition) is 0. The molecule has 1 rings (SSSR count). The molecule has 1 heterocycles. The molecule has 0 N–H and O–H groups in total. The highest BCUT2D eigenvalue weighted by atomic mass is 32.2. The monoisotopic (exact) mass is 351 g/mol. The van der Waals surface area contributed by atoms with Crippen LogP contribution in [0, 0.1) is 17.4 Å². The van der Waals surface area contributed by atoms with Gasteiger partial charge in [0.15, 0.2) is 9.84 Å². The minimum atomic E-state index is -3.66. The highest BCUT2D eigenvalue weighted by Gasteiger charge is 2.40. The standard InChI is InChI=1S/C18H25NO4S/c1-9-23-16(20)15(19-8)12-10-13(17(2,3)4)24(21,22)14(11-12)18(5,6)7/h10-11H,9H2,1-7H3. The van der Waals surface area contributed by atoms with Gasteiger partial charge in [-0.25, -0.2) is 13.3 Å². The highest BCUT2D eigenvalue weighted by molar-refractivity contribution is 7.99. The Morgan fingerprint density at radius 1 is 1.08 bits per heavy atom. The smallest absolute Gasteiger partial charge is 0.336 e. The molecule has 0 atom stereocenters. The summed E-state index contributed by atoms with van der Waals surface area (Å²) in [6.07, 6.45) is 2.85. The van der Waals surface area contributed by atoms with E-state index in [0.29, 0.717) is 0 Å². The summed E-state index contributed by atoms with van der Waals surface area (Å²) < 4.78 is 30.9. The fourth-order valence-electron chi connectivity index (χ4n) is 2.40. The summed E-state index contributed by atoms with van der Waals surface area (Å²) >= 11 is 0. The van der Waals surface area contributed by atoms with Crippen molar-refractivity contribution in [2.24, 2.45) is 10.8 Å². The molecule has 0 radical (unpaired) electrons. The SMILES string of the molecule is [C-]#[N+]C(C(=O)OCC)=C1C=C(C(C)(C)C)S(=O)(=O)C(C(C)(C)C)=C1. The Morgan fingerprint density at radius 3 is 1.79 bits per heavy atom. The van der Waals surface area contributed by atoms with Gasteiger partial charge in [-0.05, 0) is 35.5 Å². The molecule has 0 aliphatic carbocycles. The predicted molar refractivity (Wildman–Crippen MR) is 94.3 cm³/mol. The van der Waals surface area contributed by atoms with Crippen LogP contribution in [0.2, 0.25) is 0 Å². The van der Waals surface area contributed by atoms with Crippen LogP contribution in [0.1, 0.15) is 48.5 Å². The van der Waals surface area contributed by atoms with Gasteiger partial charge in [0.05, 0.1) is 23.0 Å². The first-order valence-electron chi connectivity index (χ1n) is 7.75. The van der Waals surface area contributed by atoms with Crippen molar-refractivity contribution in [2.45, 2.75) is 48.5 Å². The van der Waals surface area contributed by atoms with Gasteiger partial charge in [0.2, 0.25) is 0 Å². The number of hydrogen-bond acceptors (Lipinski definition) is 4. The van der Waals surface area contributed by atoms with Gasteiger partial charge >= 0.3 is 5.97 Å². The van der Waals surface area contributed by atoms with Crippen molar-refractivity contribution in [1.82, 2.24) is 0 Å². The summed E-state index contributed by atoms with van der Waals surface area (Å²) in [7, 11) is -3.66. The molecule has 0 saturated carbocycles. The second-order valence-corrected chi connectivity index (χ2v) is 9.54. The molecule has 0 aromatic rings. The molecule has 24 heavy (non-hydrogen) atoms. The quantitative estimate of drug-likeness (QED) is 0.428. The van der Waals surface area contributed by atoms with Crippen LogP contribution < -0.4 is 0 Å². The number of sulfone groups is 1. The van der Waals surface area contributed by atoms with Gasteiger partial charge in [-0.2, -0.15) is 0 Å². The van der Waals surface area contributed by atoms with Crippen molar-refractivity contribution in [1.29, 1.82) is 0 Å². The van der Waals surface area contributed by atoms with Gasteiger partial charge in [-0.15, -0.1) is 0 Å². The molecule has 0 spiro atoms. The molecular weight excluding hydrogens is 326 g/mol. The van der Waals surface area contributed by atoms with Crippen molar-refractivity contribution in [3.8, 4) is 0 Å². The van der Waals surface area contributed by atoms with Crippen LogP contribution in [0.15, 0.2) is 33.2 Å². The maximum atomic E-state index is 13.0. The van der Waals surface area contributed by atoms with Crippen molar-refractivity contribution in [2.75, 3.05) is 6.61 Å². The predicted octanol–water partition coefficient (Wildman–Crippen LogP) is 4.01. The zero-order valence-corrected chi connectivity index (χ0v) is 16.2. The second kappa shape index (κ2) is 6.56. The van der Waals surface area contributed by atoms with Gasteiger partial charge in [-0.1, -0.05) is 41.5 Å². The maximum absolute atomic E-state index is 13.0. The molecule has 0 aromatic carbocycles. The molecule has 0 amide bonds. The first kappa shape index (κ1) is 20.2. The highest BCUT2D eigenvalue weighted by Crippen LogP contribution is 2.44. The van der Waals surface area contributed by atoms with Crippen LogP contribution in [0.3, 0.4) is 0 Å². The molecule has 0 bridgehead atoms. The van der Waals surface area contributed by atoms with E-state index in [4.69, 9.17) is 11.3 Å². The van der Waals surface area contributed by atoms with Gasteiger partial charge in [-0.3, -0.25) is 4.79 Å². The Morgan fingerprint density at radius 2 is 1.50 bits per heavy atom. The molecule has 0 saturated heterocycles. The summed E-state index contributed by atoms with van der Waals surface area (Å²) in [5, 5.41) is 0. The van der Waals surface area contributed by atoms with Crippen molar-refractivity contribution < 1.29 is 17.9 Å². The van der Waals surface area contributed by atoms with Crippen molar-refractivity contribution in [3.63, 3.8) is 0 Å². The lowest BCUT2D eigenvalue weighted by molar-refractivity contribution is -0.138. The second-order valence-electron chi connectivity index (χ2n) is 7.66. The number of ether oxygens (including phenoxy) is 1. The third kappa shape index (κ3) is 3.96. The molecule has 5 nitrogen and oxygen atoms in total. The number of carbonyl (C=O) groups is 1. The van der Waals surface area contributed by atoms with Crippen molar-refractivity contribution >= 4 is 15.8 Å². The zero-order chi connectivity index (χ0) is 18.9. The fourth-order valence-corrected chi connectivity index (χ4v) is 4.81. The van der Waals surface area contributed by atoms with E-state index in [9.17, 15) is 13.2 Å². The van der Waals surface area contributed by atoms with E-state index in [2.05, 4.69) is 4.85 Å². The van der Waals surface area contributed by atoms with Gasteiger partial charge < -0.3 is 4.74 Å². The largest absolute Gasteiger partial charge is 0.471 e. The number of esters is 1. The lowest BCUT2D eigenvalue weighted by atomic mass is 9.91. The first-order valence-corrected chi connectivity index (χ1v) is 9.23. The van der Waals surface area contributed by atoms with E-state index >= 15 is 0 Å². The Kier molecular flexibility index (Phi) is 5.51. The van der Waals surface area contributed by atoms with E-state index in [1.165, 1.54) is 12.2 Å². The van der Waals surface area contributed by atoms with Crippen LogP contribution in [-0.2, 0) is 19.4 Å². The minimum Gasteiger partial charge on any atom is -0.471 e. The van der Waals surface area contributed by atoms with Crippen LogP contribution in [0.4, 0.5) is 0 Å². The van der Waals surface area contributed by atoms with E-state index in [0.717, 1.165) is 0 Å². The van der Waals surface area contributed by atoms with Crippen LogP contribution in [0.25, 0.3) is 4.85 Å².